The molecule has 4 nitrogen and oxygen atoms in total. The highest BCUT2D eigenvalue weighted by Gasteiger charge is 2.26. The molecule has 0 aromatic carbocycles. The molecule has 1 aromatic rings. The number of rotatable bonds is 2. The summed E-state index contributed by atoms with van der Waals surface area (Å²) < 4.78 is 28.2. The van der Waals surface area contributed by atoms with Crippen molar-refractivity contribution in [2.75, 3.05) is 11.5 Å². The fraction of sp³-hybridized carbons (Fsp3) is 0.444. The average molecular weight is 292 g/mol. The van der Waals surface area contributed by atoms with Crippen molar-refractivity contribution in [2.45, 2.75) is 12.5 Å². The molecule has 0 saturated carbocycles. The first-order valence-electron chi connectivity index (χ1n) is 4.54. The third-order valence-corrected chi connectivity index (χ3v) is 4.39. The Labute approximate surface area is 96.4 Å². The largest absolute Gasteiger partial charge is 0.448 e. The maximum atomic E-state index is 11.2. The fourth-order valence-corrected chi connectivity index (χ4v) is 3.43. The van der Waals surface area contributed by atoms with Crippen LogP contribution in [0.4, 0.5) is 0 Å². The molecule has 1 fully saturated rings. The zero-order chi connectivity index (χ0) is 10.9. The van der Waals surface area contributed by atoms with Gasteiger partial charge in [-0.05, 0) is 34.5 Å². The van der Waals surface area contributed by atoms with E-state index in [-0.39, 0.29) is 17.5 Å². The summed E-state index contributed by atoms with van der Waals surface area (Å²) in [6, 6.07) is 3.43. The lowest BCUT2D eigenvalue weighted by Gasteiger charge is -1.97. The van der Waals surface area contributed by atoms with Crippen LogP contribution in [0.1, 0.15) is 12.2 Å². The monoisotopic (exact) mass is 291 g/mol. The van der Waals surface area contributed by atoms with Crippen LogP contribution in [0, 0.1) is 0 Å². The maximum absolute atomic E-state index is 11.2. The fourth-order valence-electron chi connectivity index (χ4n) is 1.47. The van der Waals surface area contributed by atoms with Gasteiger partial charge in [0.2, 0.25) is 0 Å². The number of furan rings is 1. The van der Waals surface area contributed by atoms with Crippen LogP contribution >= 0.6 is 15.9 Å². The minimum absolute atomic E-state index is 0.112. The maximum Gasteiger partial charge on any atom is 0.169 e. The van der Waals surface area contributed by atoms with Gasteiger partial charge >= 0.3 is 0 Å². The lowest BCUT2D eigenvalue weighted by molar-refractivity contribution is 0.534. The summed E-state index contributed by atoms with van der Waals surface area (Å²) in [4.78, 5) is 4.18. The molecule has 2 heterocycles. The van der Waals surface area contributed by atoms with Gasteiger partial charge in [-0.1, -0.05) is 0 Å². The zero-order valence-corrected chi connectivity index (χ0v) is 10.3. The Morgan fingerprint density at radius 1 is 1.53 bits per heavy atom. The molecule has 1 atom stereocenters. The smallest absolute Gasteiger partial charge is 0.169 e. The van der Waals surface area contributed by atoms with Gasteiger partial charge in [0.15, 0.2) is 14.5 Å². The van der Waals surface area contributed by atoms with Gasteiger partial charge in [-0.2, -0.15) is 0 Å². The number of sulfone groups is 1. The molecule has 0 radical (unpaired) electrons. The standard InChI is InChI=1S/C9H10BrNO3S/c10-9-2-1-8(14-9)5-11-7-3-4-15(12,13)6-7/h1-2,5,7H,3-4,6H2. The van der Waals surface area contributed by atoms with Gasteiger partial charge in [-0.3, -0.25) is 4.99 Å². The van der Waals surface area contributed by atoms with E-state index in [1.807, 2.05) is 0 Å². The second kappa shape index (κ2) is 4.09. The van der Waals surface area contributed by atoms with E-state index in [4.69, 9.17) is 4.42 Å². The van der Waals surface area contributed by atoms with Gasteiger partial charge in [-0.15, -0.1) is 0 Å². The van der Waals surface area contributed by atoms with Gasteiger partial charge < -0.3 is 4.42 Å². The Morgan fingerprint density at radius 2 is 2.33 bits per heavy atom. The number of hydrogen-bond acceptors (Lipinski definition) is 4. The molecule has 0 aliphatic carbocycles. The number of nitrogens with zero attached hydrogens (tertiary/aromatic N) is 1. The lowest BCUT2D eigenvalue weighted by atomic mass is 10.3. The molecule has 1 aliphatic rings. The quantitative estimate of drug-likeness (QED) is 0.779. The predicted molar refractivity (Wildman–Crippen MR) is 61.1 cm³/mol. The summed E-state index contributed by atoms with van der Waals surface area (Å²) in [5.74, 6) is 1.04. The molecular weight excluding hydrogens is 282 g/mol. The summed E-state index contributed by atoms with van der Waals surface area (Å²) in [5, 5.41) is 0. The first-order chi connectivity index (χ1) is 7.05. The Hall–Kier alpha value is -0.620. The van der Waals surface area contributed by atoms with Crippen molar-refractivity contribution in [2.24, 2.45) is 4.99 Å². The van der Waals surface area contributed by atoms with E-state index in [1.165, 1.54) is 0 Å². The zero-order valence-electron chi connectivity index (χ0n) is 7.89. The summed E-state index contributed by atoms with van der Waals surface area (Å²) in [7, 11) is -2.85. The molecule has 82 valence electrons. The molecule has 0 amide bonds. The predicted octanol–water partition coefficient (Wildman–Crippen LogP) is 1.65. The van der Waals surface area contributed by atoms with Gasteiger partial charge in [0, 0.05) is 0 Å². The van der Waals surface area contributed by atoms with Crippen molar-refractivity contribution < 1.29 is 12.8 Å². The number of aliphatic imine (C=N–C) groups is 1. The van der Waals surface area contributed by atoms with Crippen LogP contribution in [-0.4, -0.2) is 32.2 Å². The third kappa shape index (κ3) is 2.92. The number of hydrogen-bond donors (Lipinski definition) is 0. The van der Waals surface area contributed by atoms with Crippen LogP contribution < -0.4 is 0 Å². The third-order valence-electron chi connectivity index (χ3n) is 2.21. The summed E-state index contributed by atoms with van der Waals surface area (Å²) in [6.07, 6.45) is 2.19. The summed E-state index contributed by atoms with van der Waals surface area (Å²) >= 11 is 3.18. The van der Waals surface area contributed by atoms with E-state index in [1.54, 1.807) is 18.3 Å². The topological polar surface area (TPSA) is 59.6 Å². The lowest BCUT2D eigenvalue weighted by Crippen LogP contribution is -2.07. The highest BCUT2D eigenvalue weighted by molar-refractivity contribution is 9.10. The van der Waals surface area contributed by atoms with E-state index in [0.717, 1.165) is 0 Å². The van der Waals surface area contributed by atoms with Crippen molar-refractivity contribution in [1.29, 1.82) is 0 Å². The summed E-state index contributed by atoms with van der Waals surface area (Å²) in [6.45, 7) is 0. The molecule has 0 N–H and O–H groups in total. The Bertz CT molecular complexity index is 477. The highest BCUT2D eigenvalue weighted by atomic mass is 79.9. The van der Waals surface area contributed by atoms with Gasteiger partial charge in [0.25, 0.3) is 0 Å². The van der Waals surface area contributed by atoms with Gasteiger partial charge in [-0.25, -0.2) is 8.42 Å². The minimum atomic E-state index is -2.85. The molecule has 1 aromatic heterocycles. The first kappa shape index (κ1) is 10.9. The first-order valence-corrected chi connectivity index (χ1v) is 7.15. The van der Waals surface area contributed by atoms with Crippen molar-refractivity contribution >= 4 is 32.0 Å². The Morgan fingerprint density at radius 3 is 2.87 bits per heavy atom. The van der Waals surface area contributed by atoms with E-state index in [9.17, 15) is 8.42 Å². The van der Waals surface area contributed by atoms with Crippen LogP contribution in [0.2, 0.25) is 0 Å². The second-order valence-corrected chi connectivity index (χ2v) is 6.49. The van der Waals surface area contributed by atoms with E-state index >= 15 is 0 Å². The van der Waals surface area contributed by atoms with Crippen molar-refractivity contribution in [3.05, 3.63) is 22.6 Å². The molecule has 2 rings (SSSR count). The van der Waals surface area contributed by atoms with Crippen molar-refractivity contribution in [1.82, 2.24) is 0 Å². The molecule has 0 spiro atoms. The Balaban J connectivity index is 2.01. The molecule has 15 heavy (non-hydrogen) atoms. The normalized spacial score (nSPS) is 25.0. The minimum Gasteiger partial charge on any atom is -0.448 e. The molecule has 1 unspecified atom stereocenters. The molecule has 0 bridgehead atoms. The van der Waals surface area contributed by atoms with Crippen LogP contribution in [0.15, 0.2) is 26.2 Å². The van der Waals surface area contributed by atoms with Crippen LogP contribution in [-0.2, 0) is 9.84 Å². The van der Waals surface area contributed by atoms with Crippen LogP contribution in [0.3, 0.4) is 0 Å². The molecule has 6 heteroatoms. The molecule has 1 aliphatic heterocycles. The van der Waals surface area contributed by atoms with Crippen molar-refractivity contribution in [3.8, 4) is 0 Å². The molecular formula is C9H10BrNO3S. The van der Waals surface area contributed by atoms with E-state index < -0.39 is 9.84 Å². The SMILES string of the molecule is O=S1(=O)CCC(N=Cc2ccc(Br)o2)C1. The van der Waals surface area contributed by atoms with Crippen LogP contribution in [0.25, 0.3) is 0 Å². The highest BCUT2D eigenvalue weighted by Crippen LogP contribution is 2.16. The second-order valence-electron chi connectivity index (χ2n) is 3.48. The van der Waals surface area contributed by atoms with Crippen molar-refractivity contribution in [3.63, 3.8) is 0 Å². The average Bonchev–Trinajstić information content (AvgIpc) is 2.69. The van der Waals surface area contributed by atoms with Gasteiger partial charge in [0.05, 0.1) is 23.8 Å². The summed E-state index contributed by atoms with van der Waals surface area (Å²) in [5.41, 5.74) is 0. The molecule has 1 saturated heterocycles. The van der Waals surface area contributed by atoms with Gasteiger partial charge in [0.1, 0.15) is 5.76 Å². The van der Waals surface area contributed by atoms with E-state index in [0.29, 0.717) is 16.9 Å². The van der Waals surface area contributed by atoms with Crippen LogP contribution in [0.5, 0.6) is 0 Å². The van der Waals surface area contributed by atoms with E-state index in [2.05, 4.69) is 20.9 Å². The number of halogens is 1. The Kier molecular flexibility index (Phi) is 2.97.